The van der Waals surface area contributed by atoms with E-state index >= 15 is 0 Å². The van der Waals surface area contributed by atoms with Gasteiger partial charge in [0.1, 0.15) is 0 Å². The Kier molecular flexibility index (Phi) is 4.36. The normalized spacial score (nSPS) is 25.9. The van der Waals surface area contributed by atoms with Crippen LogP contribution in [0.5, 0.6) is 0 Å². The van der Waals surface area contributed by atoms with Gasteiger partial charge in [-0.25, -0.2) is 4.98 Å². The molecule has 1 N–H and O–H groups in total. The summed E-state index contributed by atoms with van der Waals surface area (Å²) < 4.78 is 0. The van der Waals surface area contributed by atoms with E-state index in [1.807, 2.05) is 6.20 Å². The largest absolute Gasteiger partial charge is 0.312 e. The fraction of sp³-hybridized carbons (Fsp3) is 0.769. The standard InChI is InChI=1S/C13H22N2S/c1-10-3-5-12(6-4-10)7-14-8-13-9-15-11(2)16-13/h9-10,12,14H,3-8H2,1-2H3. The summed E-state index contributed by atoms with van der Waals surface area (Å²) in [6, 6.07) is 0. The second-order valence-electron chi connectivity index (χ2n) is 5.10. The Hall–Kier alpha value is -0.410. The number of thiazole rings is 1. The van der Waals surface area contributed by atoms with Crippen molar-refractivity contribution >= 4 is 11.3 Å². The summed E-state index contributed by atoms with van der Waals surface area (Å²) in [5, 5.41) is 4.74. The average molecular weight is 238 g/mol. The number of hydrogen-bond acceptors (Lipinski definition) is 3. The van der Waals surface area contributed by atoms with Gasteiger partial charge in [0.2, 0.25) is 0 Å². The maximum atomic E-state index is 4.27. The first kappa shape index (κ1) is 12.1. The van der Waals surface area contributed by atoms with Crippen LogP contribution in [0.15, 0.2) is 6.20 Å². The van der Waals surface area contributed by atoms with E-state index in [2.05, 4.69) is 24.1 Å². The lowest BCUT2D eigenvalue weighted by atomic mass is 9.83. The van der Waals surface area contributed by atoms with Crippen molar-refractivity contribution in [2.24, 2.45) is 11.8 Å². The number of hydrogen-bond donors (Lipinski definition) is 1. The van der Waals surface area contributed by atoms with Crippen molar-refractivity contribution in [2.45, 2.75) is 46.1 Å². The Balaban J connectivity index is 1.64. The molecule has 1 aliphatic carbocycles. The summed E-state index contributed by atoms with van der Waals surface area (Å²) in [4.78, 5) is 5.63. The summed E-state index contributed by atoms with van der Waals surface area (Å²) in [7, 11) is 0. The van der Waals surface area contributed by atoms with Gasteiger partial charge in [0, 0.05) is 17.6 Å². The predicted molar refractivity (Wildman–Crippen MR) is 69.7 cm³/mol. The fourth-order valence-electron chi connectivity index (χ4n) is 2.42. The van der Waals surface area contributed by atoms with E-state index in [1.54, 1.807) is 11.3 Å². The van der Waals surface area contributed by atoms with E-state index < -0.39 is 0 Å². The maximum absolute atomic E-state index is 4.27. The highest BCUT2D eigenvalue weighted by Gasteiger charge is 2.17. The van der Waals surface area contributed by atoms with Crippen molar-refractivity contribution in [1.82, 2.24) is 10.3 Å². The molecule has 90 valence electrons. The minimum atomic E-state index is 0.908. The number of nitrogens with one attached hydrogen (secondary N) is 1. The molecule has 0 unspecified atom stereocenters. The SMILES string of the molecule is Cc1ncc(CNCC2CCC(C)CC2)s1. The van der Waals surface area contributed by atoms with Crippen molar-refractivity contribution in [3.8, 4) is 0 Å². The number of rotatable bonds is 4. The predicted octanol–water partition coefficient (Wildman–Crippen LogP) is 3.37. The molecule has 1 saturated carbocycles. The maximum Gasteiger partial charge on any atom is 0.0897 e. The summed E-state index contributed by atoms with van der Waals surface area (Å²) >= 11 is 1.80. The lowest BCUT2D eigenvalue weighted by Crippen LogP contribution is -2.25. The molecule has 0 radical (unpaired) electrons. The molecule has 1 heterocycles. The number of aryl methyl sites for hydroxylation is 1. The summed E-state index contributed by atoms with van der Waals surface area (Å²) in [5.74, 6) is 1.87. The van der Waals surface area contributed by atoms with Gasteiger partial charge < -0.3 is 5.32 Å². The fourth-order valence-corrected chi connectivity index (χ4v) is 3.18. The molecule has 0 saturated heterocycles. The van der Waals surface area contributed by atoms with Crippen LogP contribution in [0.25, 0.3) is 0 Å². The number of nitrogens with zero attached hydrogens (tertiary/aromatic N) is 1. The Labute approximate surface area is 102 Å². The smallest absolute Gasteiger partial charge is 0.0897 e. The third-order valence-corrected chi connectivity index (χ3v) is 4.45. The molecule has 0 atom stereocenters. The van der Waals surface area contributed by atoms with E-state index in [-0.39, 0.29) is 0 Å². The van der Waals surface area contributed by atoms with Crippen LogP contribution in [-0.2, 0) is 6.54 Å². The lowest BCUT2D eigenvalue weighted by molar-refractivity contribution is 0.281. The van der Waals surface area contributed by atoms with E-state index in [0.717, 1.165) is 18.4 Å². The van der Waals surface area contributed by atoms with Crippen molar-refractivity contribution in [2.75, 3.05) is 6.54 Å². The monoisotopic (exact) mass is 238 g/mol. The highest BCUT2D eigenvalue weighted by Crippen LogP contribution is 2.27. The molecule has 1 aromatic heterocycles. The summed E-state index contributed by atoms with van der Waals surface area (Å²) in [5.41, 5.74) is 0. The van der Waals surface area contributed by atoms with Crippen molar-refractivity contribution in [1.29, 1.82) is 0 Å². The van der Waals surface area contributed by atoms with Gasteiger partial charge in [-0.15, -0.1) is 11.3 Å². The molecule has 0 bridgehead atoms. The van der Waals surface area contributed by atoms with Crippen LogP contribution < -0.4 is 5.32 Å². The molecule has 1 fully saturated rings. The van der Waals surface area contributed by atoms with Gasteiger partial charge >= 0.3 is 0 Å². The minimum Gasteiger partial charge on any atom is -0.312 e. The summed E-state index contributed by atoms with van der Waals surface area (Å²) in [6.45, 7) is 6.63. The quantitative estimate of drug-likeness (QED) is 0.870. The minimum absolute atomic E-state index is 0.908. The van der Waals surface area contributed by atoms with Crippen molar-refractivity contribution in [3.05, 3.63) is 16.1 Å². The molecule has 1 aromatic rings. The molecule has 0 aromatic carbocycles. The van der Waals surface area contributed by atoms with E-state index in [1.165, 1.54) is 42.1 Å². The number of aromatic nitrogens is 1. The third kappa shape index (κ3) is 3.56. The van der Waals surface area contributed by atoms with E-state index in [9.17, 15) is 0 Å². The Morgan fingerprint density at radius 3 is 2.75 bits per heavy atom. The Morgan fingerprint density at radius 1 is 1.38 bits per heavy atom. The Bertz CT molecular complexity index is 313. The molecule has 16 heavy (non-hydrogen) atoms. The molecule has 0 amide bonds. The average Bonchev–Trinajstić information content (AvgIpc) is 2.67. The lowest BCUT2D eigenvalue weighted by Gasteiger charge is -2.26. The van der Waals surface area contributed by atoms with Crippen LogP contribution in [0.1, 0.15) is 42.5 Å². The summed E-state index contributed by atoms with van der Waals surface area (Å²) in [6.07, 6.45) is 7.67. The van der Waals surface area contributed by atoms with Crippen molar-refractivity contribution < 1.29 is 0 Å². The zero-order chi connectivity index (χ0) is 11.4. The van der Waals surface area contributed by atoms with Gasteiger partial charge in [-0.1, -0.05) is 19.8 Å². The highest BCUT2D eigenvalue weighted by atomic mass is 32.1. The molecule has 2 nitrogen and oxygen atoms in total. The molecule has 1 aliphatic rings. The Morgan fingerprint density at radius 2 is 2.12 bits per heavy atom. The van der Waals surface area contributed by atoms with E-state index in [4.69, 9.17) is 0 Å². The van der Waals surface area contributed by atoms with Crippen LogP contribution in [0.2, 0.25) is 0 Å². The van der Waals surface area contributed by atoms with Crippen LogP contribution in [-0.4, -0.2) is 11.5 Å². The zero-order valence-electron chi connectivity index (χ0n) is 10.3. The highest BCUT2D eigenvalue weighted by molar-refractivity contribution is 7.11. The molecular weight excluding hydrogens is 216 g/mol. The first-order valence-corrected chi connectivity index (χ1v) is 7.17. The third-order valence-electron chi connectivity index (χ3n) is 3.54. The first-order valence-electron chi connectivity index (χ1n) is 6.36. The zero-order valence-corrected chi connectivity index (χ0v) is 11.1. The van der Waals surface area contributed by atoms with Crippen molar-refractivity contribution in [3.63, 3.8) is 0 Å². The van der Waals surface area contributed by atoms with E-state index in [0.29, 0.717) is 0 Å². The van der Waals surface area contributed by atoms with Gasteiger partial charge in [0.15, 0.2) is 0 Å². The van der Waals surface area contributed by atoms with Crippen LogP contribution in [0, 0.1) is 18.8 Å². The van der Waals surface area contributed by atoms with Gasteiger partial charge in [-0.05, 0) is 38.1 Å². The van der Waals surface area contributed by atoms with Crippen LogP contribution in [0.3, 0.4) is 0 Å². The second-order valence-corrected chi connectivity index (χ2v) is 6.42. The molecule has 3 heteroatoms. The van der Waals surface area contributed by atoms with Gasteiger partial charge in [-0.2, -0.15) is 0 Å². The second kappa shape index (κ2) is 5.78. The first-order chi connectivity index (χ1) is 7.74. The topological polar surface area (TPSA) is 24.9 Å². The van der Waals surface area contributed by atoms with Gasteiger partial charge in [0.25, 0.3) is 0 Å². The van der Waals surface area contributed by atoms with Crippen LogP contribution in [0.4, 0.5) is 0 Å². The van der Waals surface area contributed by atoms with Gasteiger partial charge in [0.05, 0.1) is 5.01 Å². The van der Waals surface area contributed by atoms with Gasteiger partial charge in [-0.3, -0.25) is 0 Å². The molecule has 0 spiro atoms. The molecule has 2 rings (SSSR count). The molecular formula is C13H22N2S. The van der Waals surface area contributed by atoms with Crippen LogP contribution >= 0.6 is 11.3 Å². The molecule has 0 aliphatic heterocycles.